The molecule has 11 N–H and O–H groups in total. The van der Waals surface area contributed by atoms with Crippen molar-refractivity contribution in [3.63, 3.8) is 0 Å². The Morgan fingerprint density at radius 3 is 2.19 bits per heavy atom. The van der Waals surface area contributed by atoms with Crippen molar-refractivity contribution >= 4 is 23.7 Å². The van der Waals surface area contributed by atoms with Crippen molar-refractivity contribution in [3.05, 3.63) is 35.9 Å². The van der Waals surface area contributed by atoms with Crippen LogP contribution in [0.5, 0.6) is 0 Å². The lowest BCUT2D eigenvalue weighted by atomic mass is 10.0. The van der Waals surface area contributed by atoms with Gasteiger partial charge in [-0.2, -0.15) is 0 Å². The maximum absolute atomic E-state index is 12.9. The molecule has 0 heterocycles. The minimum Gasteiger partial charge on any atom is -0.480 e. The number of aliphatic carboxylic acids is 1. The van der Waals surface area contributed by atoms with Gasteiger partial charge in [-0.15, -0.1) is 0 Å². The molecular weight excluding hydrogens is 414 g/mol. The largest absolute Gasteiger partial charge is 0.480 e. The van der Waals surface area contributed by atoms with Gasteiger partial charge in [0.2, 0.25) is 11.8 Å². The third-order valence-corrected chi connectivity index (χ3v) is 4.78. The Labute approximate surface area is 188 Å². The van der Waals surface area contributed by atoms with E-state index in [1.165, 1.54) is 0 Å². The van der Waals surface area contributed by atoms with Crippen LogP contribution in [0, 0.1) is 0 Å². The molecule has 3 unspecified atom stereocenters. The Balaban J connectivity index is 2.84. The van der Waals surface area contributed by atoms with E-state index in [0.29, 0.717) is 25.8 Å². The monoisotopic (exact) mass is 449 g/mol. The second-order valence-electron chi connectivity index (χ2n) is 7.49. The van der Waals surface area contributed by atoms with Gasteiger partial charge >= 0.3 is 5.97 Å². The van der Waals surface area contributed by atoms with Crippen LogP contribution in [0.15, 0.2) is 35.3 Å². The number of carboxylic acids is 1. The standard InChI is InChI=1S/C21H35N7O4/c22-11-5-4-9-15(23)18(29)28-17(13-14-7-2-1-3-8-14)19(30)27-16(20(31)32)10-6-12-26-21(24)25/h1-3,7-8,15-17H,4-6,9-13,22-23H2,(H,27,30)(H,28,29)(H,31,32)(H4,24,25,26). The molecule has 0 saturated carbocycles. The number of unbranched alkanes of at least 4 members (excludes halogenated alkanes) is 1. The lowest BCUT2D eigenvalue weighted by molar-refractivity contribution is -0.142. The van der Waals surface area contributed by atoms with Crippen molar-refractivity contribution in [3.8, 4) is 0 Å². The summed E-state index contributed by atoms with van der Waals surface area (Å²) in [7, 11) is 0. The van der Waals surface area contributed by atoms with Crippen molar-refractivity contribution in [2.24, 2.45) is 27.9 Å². The highest BCUT2D eigenvalue weighted by Gasteiger charge is 2.28. The molecule has 1 aromatic rings. The molecule has 0 aliphatic carbocycles. The summed E-state index contributed by atoms with van der Waals surface area (Å²) in [5, 5.41) is 14.6. The molecule has 0 saturated heterocycles. The molecule has 1 rings (SSSR count). The molecule has 0 aliphatic heterocycles. The number of carboxylic acid groups (broad SMARTS) is 1. The molecule has 11 heteroatoms. The van der Waals surface area contributed by atoms with E-state index in [2.05, 4.69) is 15.6 Å². The maximum atomic E-state index is 12.9. The van der Waals surface area contributed by atoms with Crippen LogP contribution in [0.3, 0.4) is 0 Å². The molecule has 2 amide bonds. The summed E-state index contributed by atoms with van der Waals surface area (Å²) >= 11 is 0. The van der Waals surface area contributed by atoms with E-state index in [1.807, 2.05) is 30.3 Å². The molecule has 11 nitrogen and oxygen atoms in total. The van der Waals surface area contributed by atoms with Crippen molar-refractivity contribution in [1.29, 1.82) is 0 Å². The lowest BCUT2D eigenvalue weighted by Crippen LogP contribution is -2.55. The van der Waals surface area contributed by atoms with Crippen LogP contribution < -0.4 is 33.6 Å². The topological polar surface area (TPSA) is 212 Å². The van der Waals surface area contributed by atoms with Gasteiger partial charge in [-0.3, -0.25) is 14.6 Å². The molecule has 1 aromatic carbocycles. The van der Waals surface area contributed by atoms with Crippen LogP contribution in [0.4, 0.5) is 0 Å². The SMILES string of the molecule is NCCCCC(N)C(=O)NC(Cc1ccccc1)C(=O)NC(CCCN=C(N)N)C(=O)O. The molecular formula is C21H35N7O4. The van der Waals surface area contributed by atoms with Gasteiger partial charge in [-0.25, -0.2) is 4.79 Å². The zero-order valence-corrected chi connectivity index (χ0v) is 18.2. The molecule has 0 spiro atoms. The number of amides is 2. The average molecular weight is 450 g/mol. The first-order chi connectivity index (χ1) is 15.2. The van der Waals surface area contributed by atoms with E-state index >= 15 is 0 Å². The van der Waals surface area contributed by atoms with E-state index in [-0.39, 0.29) is 25.3 Å². The van der Waals surface area contributed by atoms with Crippen LogP contribution in [-0.2, 0) is 20.8 Å². The Kier molecular flexibility index (Phi) is 12.4. The van der Waals surface area contributed by atoms with E-state index in [1.54, 1.807) is 0 Å². The number of hydrogen-bond acceptors (Lipinski definition) is 6. The predicted molar refractivity (Wildman–Crippen MR) is 122 cm³/mol. The van der Waals surface area contributed by atoms with Crippen LogP contribution in [-0.4, -0.2) is 60.1 Å². The Bertz CT molecular complexity index is 754. The highest BCUT2D eigenvalue weighted by Crippen LogP contribution is 2.07. The molecule has 3 atom stereocenters. The average Bonchev–Trinajstić information content (AvgIpc) is 2.75. The lowest BCUT2D eigenvalue weighted by Gasteiger charge is -2.23. The van der Waals surface area contributed by atoms with Crippen molar-refractivity contribution in [2.45, 2.75) is 56.7 Å². The number of rotatable bonds is 15. The fourth-order valence-corrected chi connectivity index (χ4v) is 3.01. The van der Waals surface area contributed by atoms with Gasteiger partial charge in [0.05, 0.1) is 6.04 Å². The molecule has 0 radical (unpaired) electrons. The molecule has 0 fully saturated rings. The maximum Gasteiger partial charge on any atom is 0.326 e. The fourth-order valence-electron chi connectivity index (χ4n) is 3.01. The summed E-state index contributed by atoms with van der Waals surface area (Å²) in [5.74, 6) is -2.36. The van der Waals surface area contributed by atoms with Gasteiger partial charge in [-0.1, -0.05) is 36.8 Å². The van der Waals surface area contributed by atoms with E-state index < -0.39 is 35.9 Å². The summed E-state index contributed by atoms with van der Waals surface area (Å²) in [6.45, 7) is 0.747. The van der Waals surface area contributed by atoms with Crippen LogP contribution in [0.1, 0.15) is 37.7 Å². The van der Waals surface area contributed by atoms with E-state index in [0.717, 1.165) is 12.0 Å². The zero-order valence-electron chi connectivity index (χ0n) is 18.2. The van der Waals surface area contributed by atoms with Crippen molar-refractivity contribution in [1.82, 2.24) is 10.6 Å². The predicted octanol–water partition coefficient (Wildman–Crippen LogP) is -1.21. The van der Waals surface area contributed by atoms with Crippen LogP contribution in [0.25, 0.3) is 0 Å². The number of nitrogens with two attached hydrogens (primary N) is 4. The number of carbonyl (C=O) groups excluding carboxylic acids is 2. The van der Waals surface area contributed by atoms with Crippen molar-refractivity contribution < 1.29 is 19.5 Å². The first-order valence-electron chi connectivity index (χ1n) is 10.6. The number of aliphatic imine (C=N–C) groups is 1. The summed E-state index contributed by atoms with van der Waals surface area (Å²) < 4.78 is 0. The number of benzene rings is 1. The molecule has 178 valence electrons. The third-order valence-electron chi connectivity index (χ3n) is 4.78. The summed E-state index contributed by atoms with van der Waals surface area (Å²) in [4.78, 5) is 40.8. The molecule has 0 aromatic heterocycles. The van der Waals surface area contributed by atoms with Gasteiger partial charge in [0, 0.05) is 13.0 Å². The summed E-state index contributed by atoms with van der Waals surface area (Å²) in [6, 6.07) is 6.18. The van der Waals surface area contributed by atoms with Gasteiger partial charge in [0.15, 0.2) is 5.96 Å². The van der Waals surface area contributed by atoms with Gasteiger partial charge in [0.25, 0.3) is 0 Å². The van der Waals surface area contributed by atoms with E-state index in [4.69, 9.17) is 22.9 Å². The highest BCUT2D eigenvalue weighted by molar-refractivity contribution is 5.92. The quantitative estimate of drug-likeness (QED) is 0.0978. The summed E-state index contributed by atoms with van der Waals surface area (Å²) in [6.07, 6.45) is 2.55. The van der Waals surface area contributed by atoms with Crippen LogP contribution in [0.2, 0.25) is 0 Å². The van der Waals surface area contributed by atoms with Crippen molar-refractivity contribution in [2.75, 3.05) is 13.1 Å². The molecule has 32 heavy (non-hydrogen) atoms. The Morgan fingerprint density at radius 2 is 1.59 bits per heavy atom. The third kappa shape index (κ3) is 10.7. The van der Waals surface area contributed by atoms with Crippen LogP contribution >= 0.6 is 0 Å². The molecule has 0 bridgehead atoms. The number of carbonyl (C=O) groups is 3. The normalized spacial score (nSPS) is 13.4. The summed E-state index contributed by atoms with van der Waals surface area (Å²) in [5.41, 5.74) is 22.7. The molecule has 0 aliphatic rings. The number of hydrogen-bond donors (Lipinski definition) is 7. The fraction of sp³-hybridized carbons (Fsp3) is 0.524. The van der Waals surface area contributed by atoms with Gasteiger partial charge < -0.3 is 38.7 Å². The number of nitrogens with one attached hydrogen (secondary N) is 2. The van der Waals surface area contributed by atoms with Gasteiger partial charge in [0.1, 0.15) is 12.1 Å². The Morgan fingerprint density at radius 1 is 0.938 bits per heavy atom. The first kappa shape index (κ1) is 26.9. The first-order valence-corrected chi connectivity index (χ1v) is 10.6. The Hall–Kier alpha value is -3.18. The zero-order chi connectivity index (χ0) is 23.9. The van der Waals surface area contributed by atoms with E-state index in [9.17, 15) is 19.5 Å². The minimum atomic E-state index is -1.19. The van der Waals surface area contributed by atoms with Gasteiger partial charge in [-0.05, 0) is 37.8 Å². The second kappa shape index (κ2) is 14.8. The smallest absolute Gasteiger partial charge is 0.326 e. The minimum absolute atomic E-state index is 0.0886. The number of nitrogens with zero attached hydrogens (tertiary/aromatic N) is 1. The number of guanidine groups is 1. The second-order valence-corrected chi connectivity index (χ2v) is 7.49. The highest BCUT2D eigenvalue weighted by atomic mass is 16.4.